The molecule has 0 spiro atoms. The number of carboxylic acid groups (broad SMARTS) is 1. The Balaban J connectivity index is 2.37. The summed E-state index contributed by atoms with van der Waals surface area (Å²) in [5, 5.41) is 12.4. The van der Waals surface area contributed by atoms with E-state index in [-0.39, 0.29) is 5.69 Å². The summed E-state index contributed by atoms with van der Waals surface area (Å²) in [6.45, 7) is 0. The highest BCUT2D eigenvalue weighted by Gasteiger charge is 2.11. The molecule has 110 valence electrons. The molecule has 21 heavy (non-hydrogen) atoms. The van der Waals surface area contributed by atoms with Crippen LogP contribution in [-0.2, 0) is 0 Å². The van der Waals surface area contributed by atoms with E-state index in [4.69, 9.17) is 26.2 Å². The van der Waals surface area contributed by atoms with E-state index in [0.29, 0.717) is 27.9 Å². The Labute approximate surface area is 126 Å². The first-order chi connectivity index (χ1) is 10.0. The Morgan fingerprint density at radius 2 is 1.95 bits per heavy atom. The minimum absolute atomic E-state index is 0.0569. The van der Waals surface area contributed by atoms with Gasteiger partial charge in [-0.2, -0.15) is 0 Å². The molecule has 1 aromatic carbocycles. The lowest BCUT2D eigenvalue weighted by Crippen LogP contribution is -2.02. The molecule has 0 unspecified atom stereocenters. The lowest BCUT2D eigenvalue weighted by Gasteiger charge is -2.14. The van der Waals surface area contributed by atoms with Gasteiger partial charge < -0.3 is 19.9 Å². The second kappa shape index (κ2) is 6.32. The zero-order chi connectivity index (χ0) is 15.4. The van der Waals surface area contributed by atoms with E-state index in [9.17, 15) is 4.79 Å². The van der Waals surface area contributed by atoms with Crippen LogP contribution in [0.4, 0.5) is 11.4 Å². The number of hydrogen-bond acceptors (Lipinski definition) is 5. The first kappa shape index (κ1) is 14.9. The number of carbonyl (C=O) groups is 1. The minimum Gasteiger partial charge on any atom is -0.495 e. The molecule has 0 aliphatic heterocycles. The topological polar surface area (TPSA) is 80.7 Å². The van der Waals surface area contributed by atoms with Crippen molar-refractivity contribution in [3.63, 3.8) is 0 Å². The average Bonchev–Trinajstić information content (AvgIpc) is 2.48. The number of anilines is 2. The zero-order valence-corrected chi connectivity index (χ0v) is 12.1. The summed E-state index contributed by atoms with van der Waals surface area (Å²) in [4.78, 5) is 14.7. The van der Waals surface area contributed by atoms with Crippen molar-refractivity contribution in [2.75, 3.05) is 19.5 Å². The van der Waals surface area contributed by atoms with Crippen molar-refractivity contribution >= 4 is 28.9 Å². The molecule has 0 aliphatic carbocycles. The Kier molecular flexibility index (Phi) is 4.49. The highest BCUT2D eigenvalue weighted by Crippen LogP contribution is 2.37. The zero-order valence-electron chi connectivity index (χ0n) is 11.4. The van der Waals surface area contributed by atoms with Gasteiger partial charge in [-0.1, -0.05) is 11.6 Å². The summed E-state index contributed by atoms with van der Waals surface area (Å²) >= 11 is 6.08. The quantitative estimate of drug-likeness (QED) is 0.883. The van der Waals surface area contributed by atoms with Crippen molar-refractivity contribution in [2.24, 2.45) is 0 Å². The molecular formula is C14H13ClN2O4. The number of rotatable bonds is 5. The van der Waals surface area contributed by atoms with Gasteiger partial charge >= 0.3 is 5.97 Å². The van der Waals surface area contributed by atoms with Crippen molar-refractivity contribution in [3.8, 4) is 11.5 Å². The van der Waals surface area contributed by atoms with E-state index in [1.807, 2.05) is 0 Å². The van der Waals surface area contributed by atoms with Gasteiger partial charge in [0.25, 0.3) is 0 Å². The van der Waals surface area contributed by atoms with Gasteiger partial charge in [0.2, 0.25) is 0 Å². The van der Waals surface area contributed by atoms with Gasteiger partial charge in [-0.25, -0.2) is 9.78 Å². The molecule has 0 amide bonds. The van der Waals surface area contributed by atoms with Crippen molar-refractivity contribution in [1.82, 2.24) is 4.98 Å². The van der Waals surface area contributed by atoms with E-state index < -0.39 is 5.97 Å². The Hall–Kier alpha value is -2.47. The number of methoxy groups -OCH3 is 2. The standard InChI is InChI=1S/C14H13ClN2O4/c1-20-12-7-13(21-2)10(6-9(12)15)17-8-3-4-16-11(5-8)14(18)19/h3-7H,1-2H3,(H,16,17)(H,18,19). The maximum Gasteiger partial charge on any atom is 0.354 e. The highest BCUT2D eigenvalue weighted by atomic mass is 35.5. The van der Waals surface area contributed by atoms with E-state index in [1.54, 1.807) is 18.2 Å². The van der Waals surface area contributed by atoms with Crippen LogP contribution in [0.2, 0.25) is 5.02 Å². The molecule has 0 radical (unpaired) electrons. The van der Waals surface area contributed by atoms with Gasteiger partial charge in [0.05, 0.1) is 24.9 Å². The van der Waals surface area contributed by atoms with E-state index in [2.05, 4.69) is 10.3 Å². The van der Waals surface area contributed by atoms with Gasteiger partial charge in [0, 0.05) is 18.0 Å². The Morgan fingerprint density at radius 1 is 1.24 bits per heavy atom. The molecule has 0 fully saturated rings. The van der Waals surface area contributed by atoms with Crippen LogP contribution in [0.1, 0.15) is 10.5 Å². The Morgan fingerprint density at radius 3 is 2.57 bits per heavy atom. The molecule has 6 nitrogen and oxygen atoms in total. The van der Waals surface area contributed by atoms with E-state index in [1.165, 1.54) is 26.5 Å². The minimum atomic E-state index is -1.10. The maximum absolute atomic E-state index is 10.9. The average molecular weight is 309 g/mol. The fourth-order valence-electron chi connectivity index (χ4n) is 1.74. The van der Waals surface area contributed by atoms with Crippen molar-refractivity contribution in [3.05, 3.63) is 41.2 Å². The lowest BCUT2D eigenvalue weighted by molar-refractivity contribution is 0.0690. The van der Waals surface area contributed by atoms with Crippen LogP contribution >= 0.6 is 11.6 Å². The first-order valence-electron chi connectivity index (χ1n) is 5.93. The highest BCUT2D eigenvalue weighted by molar-refractivity contribution is 6.32. The summed E-state index contributed by atoms with van der Waals surface area (Å²) in [7, 11) is 3.03. The van der Waals surface area contributed by atoms with E-state index >= 15 is 0 Å². The number of ether oxygens (including phenoxy) is 2. The maximum atomic E-state index is 10.9. The number of halogens is 1. The third kappa shape index (κ3) is 3.35. The fraction of sp³-hybridized carbons (Fsp3) is 0.143. The smallest absolute Gasteiger partial charge is 0.354 e. The SMILES string of the molecule is COc1cc(OC)c(Nc2ccnc(C(=O)O)c2)cc1Cl. The number of pyridine rings is 1. The van der Waals surface area contributed by atoms with Gasteiger partial charge in [-0.05, 0) is 18.2 Å². The van der Waals surface area contributed by atoms with E-state index in [0.717, 1.165) is 0 Å². The van der Waals surface area contributed by atoms with Crippen LogP contribution < -0.4 is 14.8 Å². The van der Waals surface area contributed by atoms with Crippen LogP contribution in [0.5, 0.6) is 11.5 Å². The monoisotopic (exact) mass is 308 g/mol. The lowest BCUT2D eigenvalue weighted by atomic mass is 10.2. The summed E-state index contributed by atoms with van der Waals surface area (Å²) in [6.07, 6.45) is 1.41. The number of aromatic nitrogens is 1. The third-order valence-corrected chi connectivity index (χ3v) is 3.03. The fourth-order valence-corrected chi connectivity index (χ4v) is 1.98. The largest absolute Gasteiger partial charge is 0.495 e. The second-order valence-electron chi connectivity index (χ2n) is 4.05. The van der Waals surface area contributed by atoms with Crippen molar-refractivity contribution < 1.29 is 19.4 Å². The summed E-state index contributed by atoms with van der Waals surface area (Å²) < 4.78 is 10.4. The molecule has 1 heterocycles. The molecule has 2 rings (SSSR count). The summed E-state index contributed by atoms with van der Waals surface area (Å²) in [6, 6.07) is 6.34. The summed E-state index contributed by atoms with van der Waals surface area (Å²) in [5.74, 6) is -0.0941. The number of nitrogens with one attached hydrogen (secondary N) is 1. The van der Waals surface area contributed by atoms with Gasteiger partial charge in [-0.15, -0.1) is 0 Å². The third-order valence-electron chi connectivity index (χ3n) is 2.73. The summed E-state index contributed by atoms with van der Waals surface area (Å²) in [5.41, 5.74) is 1.09. The first-order valence-corrected chi connectivity index (χ1v) is 6.31. The van der Waals surface area contributed by atoms with Gasteiger partial charge in [0.15, 0.2) is 0 Å². The van der Waals surface area contributed by atoms with Crippen molar-refractivity contribution in [2.45, 2.75) is 0 Å². The van der Waals surface area contributed by atoms with Gasteiger partial charge in [-0.3, -0.25) is 0 Å². The van der Waals surface area contributed by atoms with Gasteiger partial charge in [0.1, 0.15) is 17.2 Å². The normalized spacial score (nSPS) is 10.0. The molecule has 2 N–H and O–H groups in total. The molecule has 7 heteroatoms. The predicted octanol–water partition coefficient (Wildman–Crippen LogP) is 3.19. The number of aromatic carboxylic acids is 1. The molecular weight excluding hydrogens is 296 g/mol. The molecule has 0 aliphatic rings. The molecule has 0 saturated carbocycles. The molecule has 0 saturated heterocycles. The second-order valence-corrected chi connectivity index (χ2v) is 4.45. The molecule has 1 aromatic heterocycles. The van der Waals surface area contributed by atoms with Crippen LogP contribution in [0.15, 0.2) is 30.5 Å². The number of carboxylic acids is 1. The predicted molar refractivity (Wildman–Crippen MR) is 79.0 cm³/mol. The molecule has 2 aromatic rings. The Bertz CT molecular complexity index is 676. The van der Waals surface area contributed by atoms with Crippen LogP contribution in [-0.4, -0.2) is 30.3 Å². The molecule has 0 atom stereocenters. The molecule has 0 bridgehead atoms. The van der Waals surface area contributed by atoms with Crippen molar-refractivity contribution in [1.29, 1.82) is 0 Å². The van der Waals surface area contributed by atoms with Crippen LogP contribution in [0, 0.1) is 0 Å². The number of benzene rings is 1. The van der Waals surface area contributed by atoms with Crippen LogP contribution in [0.3, 0.4) is 0 Å². The number of nitrogens with zero attached hydrogens (tertiary/aromatic N) is 1. The van der Waals surface area contributed by atoms with Crippen LogP contribution in [0.25, 0.3) is 0 Å². The number of hydrogen-bond donors (Lipinski definition) is 2.